The first-order valence-corrected chi connectivity index (χ1v) is 6.57. The van der Waals surface area contributed by atoms with Gasteiger partial charge >= 0.3 is 5.97 Å². The number of benzene rings is 1. The molecule has 0 unspecified atom stereocenters. The minimum absolute atomic E-state index is 0.186. The number of nitrogens with two attached hydrogens (primary N) is 1. The summed E-state index contributed by atoms with van der Waals surface area (Å²) in [4.78, 5) is 11.3. The minimum atomic E-state index is -0.913. The van der Waals surface area contributed by atoms with Crippen LogP contribution < -0.4 is 5.73 Å². The second-order valence-corrected chi connectivity index (χ2v) is 4.43. The van der Waals surface area contributed by atoms with Gasteiger partial charge in [0.1, 0.15) is 0 Å². The lowest BCUT2D eigenvalue weighted by Crippen LogP contribution is -2.09. The van der Waals surface area contributed by atoms with Crippen molar-refractivity contribution < 1.29 is 18.3 Å². The molecule has 5 heteroatoms. The second-order valence-electron chi connectivity index (χ2n) is 4.43. The average Bonchev–Trinajstić information content (AvgIpc) is 2.35. The molecule has 20 heavy (non-hydrogen) atoms. The highest BCUT2D eigenvalue weighted by molar-refractivity contribution is 5.82. The van der Waals surface area contributed by atoms with Gasteiger partial charge in [-0.3, -0.25) is 0 Å². The summed E-state index contributed by atoms with van der Waals surface area (Å²) in [7, 11) is 0. The predicted octanol–water partition coefficient (Wildman–Crippen LogP) is 2.87. The zero-order valence-corrected chi connectivity index (χ0v) is 11.7. The number of hydrogen-bond acceptors (Lipinski definition) is 3. The Kier molecular flexibility index (Phi) is 6.15. The van der Waals surface area contributed by atoms with Gasteiger partial charge in [-0.05, 0) is 36.6 Å². The molecule has 110 valence electrons. The monoisotopic (exact) mass is 283 g/mol. The fourth-order valence-corrected chi connectivity index (χ4v) is 1.90. The average molecular weight is 283 g/mol. The molecule has 1 aromatic carbocycles. The van der Waals surface area contributed by atoms with Gasteiger partial charge in [-0.25, -0.2) is 13.6 Å². The number of esters is 1. The van der Waals surface area contributed by atoms with E-state index >= 15 is 0 Å². The summed E-state index contributed by atoms with van der Waals surface area (Å²) in [5, 5.41) is 0. The minimum Gasteiger partial charge on any atom is -0.463 e. The molecule has 0 fully saturated rings. The van der Waals surface area contributed by atoms with E-state index in [1.165, 1.54) is 12.1 Å². The summed E-state index contributed by atoms with van der Waals surface area (Å²) in [6, 6.07) is 2.32. The zero-order chi connectivity index (χ0) is 15.1. The SMILES string of the molecule is CCCc1cc(F)c(F)cc1C/C(N)=C/C(=O)OCC. The van der Waals surface area contributed by atoms with Gasteiger partial charge in [0.25, 0.3) is 0 Å². The van der Waals surface area contributed by atoms with E-state index in [4.69, 9.17) is 10.5 Å². The van der Waals surface area contributed by atoms with Crippen molar-refractivity contribution in [3.05, 3.63) is 46.7 Å². The molecule has 0 radical (unpaired) electrons. The maximum absolute atomic E-state index is 13.3. The van der Waals surface area contributed by atoms with Gasteiger partial charge in [0, 0.05) is 18.2 Å². The van der Waals surface area contributed by atoms with Gasteiger partial charge in [0.05, 0.1) is 6.61 Å². The van der Waals surface area contributed by atoms with Crippen LogP contribution in [0.1, 0.15) is 31.4 Å². The number of hydrogen-bond donors (Lipinski definition) is 1. The number of halogens is 2. The van der Waals surface area contributed by atoms with Crippen LogP contribution in [0, 0.1) is 11.6 Å². The molecule has 0 atom stereocenters. The Morgan fingerprint density at radius 1 is 1.25 bits per heavy atom. The van der Waals surface area contributed by atoms with E-state index < -0.39 is 17.6 Å². The normalized spacial score (nSPS) is 11.5. The van der Waals surface area contributed by atoms with E-state index in [1.54, 1.807) is 6.92 Å². The molecule has 3 nitrogen and oxygen atoms in total. The molecular formula is C15H19F2NO2. The van der Waals surface area contributed by atoms with Crippen molar-refractivity contribution in [2.24, 2.45) is 5.73 Å². The van der Waals surface area contributed by atoms with E-state index in [0.29, 0.717) is 17.5 Å². The van der Waals surface area contributed by atoms with Gasteiger partial charge in [-0.1, -0.05) is 13.3 Å². The van der Waals surface area contributed by atoms with E-state index in [1.807, 2.05) is 6.92 Å². The van der Waals surface area contributed by atoms with Crippen LogP contribution in [0.2, 0.25) is 0 Å². The molecule has 0 saturated heterocycles. The first-order valence-electron chi connectivity index (χ1n) is 6.57. The van der Waals surface area contributed by atoms with Gasteiger partial charge in [0.2, 0.25) is 0 Å². The topological polar surface area (TPSA) is 52.3 Å². The predicted molar refractivity (Wildman–Crippen MR) is 73.0 cm³/mol. The van der Waals surface area contributed by atoms with Crippen molar-refractivity contribution in [3.63, 3.8) is 0 Å². The molecule has 0 spiro atoms. The lowest BCUT2D eigenvalue weighted by atomic mass is 9.99. The third-order valence-corrected chi connectivity index (χ3v) is 2.75. The first kappa shape index (κ1) is 16.1. The maximum atomic E-state index is 13.3. The first-order chi connectivity index (χ1) is 9.47. The van der Waals surface area contributed by atoms with Crippen LogP contribution in [-0.4, -0.2) is 12.6 Å². The highest BCUT2D eigenvalue weighted by atomic mass is 19.2. The fourth-order valence-electron chi connectivity index (χ4n) is 1.90. The van der Waals surface area contributed by atoms with Gasteiger partial charge in [-0.15, -0.1) is 0 Å². The molecule has 2 N–H and O–H groups in total. The quantitative estimate of drug-likeness (QED) is 0.645. The van der Waals surface area contributed by atoms with Crippen molar-refractivity contribution in [1.29, 1.82) is 0 Å². The van der Waals surface area contributed by atoms with Crippen molar-refractivity contribution >= 4 is 5.97 Å². The van der Waals surface area contributed by atoms with Crippen LogP contribution >= 0.6 is 0 Å². The molecule has 0 saturated carbocycles. The Morgan fingerprint density at radius 2 is 1.85 bits per heavy atom. The molecule has 0 aromatic heterocycles. The number of carbonyl (C=O) groups is 1. The highest BCUT2D eigenvalue weighted by Gasteiger charge is 2.11. The molecular weight excluding hydrogens is 264 g/mol. The Balaban J connectivity index is 2.95. The number of ether oxygens (including phenoxy) is 1. The smallest absolute Gasteiger partial charge is 0.332 e. The Labute approximate surface area is 117 Å². The lowest BCUT2D eigenvalue weighted by molar-refractivity contribution is -0.137. The standard InChI is InChI=1S/C15H19F2NO2/c1-3-5-10-7-13(16)14(17)8-11(10)6-12(18)9-15(19)20-4-2/h7-9H,3-6,18H2,1-2H3/b12-9-. The highest BCUT2D eigenvalue weighted by Crippen LogP contribution is 2.19. The van der Waals surface area contributed by atoms with Crippen molar-refractivity contribution in [1.82, 2.24) is 0 Å². The maximum Gasteiger partial charge on any atom is 0.332 e. The van der Waals surface area contributed by atoms with Crippen LogP contribution in [0.25, 0.3) is 0 Å². The molecule has 0 aliphatic heterocycles. The number of rotatable bonds is 6. The summed E-state index contributed by atoms with van der Waals surface area (Å²) in [6.45, 7) is 3.90. The summed E-state index contributed by atoms with van der Waals surface area (Å²) >= 11 is 0. The van der Waals surface area contributed by atoms with Crippen LogP contribution in [0.5, 0.6) is 0 Å². The Hall–Kier alpha value is -1.91. The Morgan fingerprint density at radius 3 is 2.40 bits per heavy atom. The van der Waals surface area contributed by atoms with Crippen LogP contribution in [0.15, 0.2) is 23.9 Å². The second kappa shape index (κ2) is 7.62. The van der Waals surface area contributed by atoms with Gasteiger partial charge < -0.3 is 10.5 Å². The van der Waals surface area contributed by atoms with Crippen molar-refractivity contribution in [2.75, 3.05) is 6.61 Å². The fraction of sp³-hybridized carbons (Fsp3) is 0.400. The third-order valence-electron chi connectivity index (χ3n) is 2.75. The van der Waals surface area contributed by atoms with E-state index in [0.717, 1.165) is 12.5 Å². The van der Waals surface area contributed by atoms with E-state index in [2.05, 4.69) is 0 Å². The van der Waals surface area contributed by atoms with Crippen molar-refractivity contribution in [2.45, 2.75) is 33.1 Å². The van der Waals surface area contributed by atoms with Gasteiger partial charge in [-0.2, -0.15) is 0 Å². The molecule has 0 amide bonds. The molecule has 0 heterocycles. The Bertz CT molecular complexity index is 513. The third kappa shape index (κ3) is 4.64. The number of allylic oxidation sites excluding steroid dienone is 1. The molecule has 0 aliphatic carbocycles. The number of carbonyl (C=O) groups excluding carboxylic acids is 1. The zero-order valence-electron chi connectivity index (χ0n) is 11.7. The molecule has 1 rings (SSSR count). The molecule has 0 bridgehead atoms. The van der Waals surface area contributed by atoms with Crippen LogP contribution in [0.4, 0.5) is 8.78 Å². The van der Waals surface area contributed by atoms with E-state index in [9.17, 15) is 13.6 Å². The lowest BCUT2D eigenvalue weighted by Gasteiger charge is -2.10. The van der Waals surface area contributed by atoms with E-state index in [-0.39, 0.29) is 18.7 Å². The van der Waals surface area contributed by atoms with Gasteiger partial charge in [0.15, 0.2) is 11.6 Å². The summed E-state index contributed by atoms with van der Waals surface area (Å²) in [5.74, 6) is -2.32. The van der Waals surface area contributed by atoms with Crippen molar-refractivity contribution in [3.8, 4) is 0 Å². The van der Waals surface area contributed by atoms with Crippen LogP contribution in [0.3, 0.4) is 0 Å². The number of aryl methyl sites for hydroxylation is 1. The molecule has 0 aliphatic rings. The summed E-state index contributed by atoms with van der Waals surface area (Å²) in [5.41, 5.74) is 7.28. The summed E-state index contributed by atoms with van der Waals surface area (Å²) in [6.07, 6.45) is 2.78. The largest absolute Gasteiger partial charge is 0.463 e. The van der Waals surface area contributed by atoms with Crippen LogP contribution in [-0.2, 0) is 22.4 Å². The summed E-state index contributed by atoms with van der Waals surface area (Å²) < 4.78 is 31.3. The molecule has 1 aromatic rings.